The number of carbonyl (C=O) groups excluding carboxylic acids is 1. The van der Waals surface area contributed by atoms with Gasteiger partial charge in [0.2, 0.25) is 0 Å². The van der Waals surface area contributed by atoms with Gasteiger partial charge in [-0.3, -0.25) is 4.79 Å². The van der Waals surface area contributed by atoms with Crippen LogP contribution in [0.25, 0.3) is 0 Å². The second-order valence-electron chi connectivity index (χ2n) is 5.53. The van der Waals surface area contributed by atoms with Crippen molar-refractivity contribution in [3.8, 4) is 0 Å². The number of nitrogen functional groups attached to an aromatic ring is 1. The Balaban J connectivity index is 1.78. The largest absolute Gasteiger partial charge is 0.384 e. The Morgan fingerprint density at radius 1 is 1.24 bits per heavy atom. The molecule has 1 aromatic heterocycles. The number of hydrogen-bond donors (Lipinski definition) is 3. The number of pyridine rings is 1. The first kappa shape index (κ1) is 17.1. The van der Waals surface area contributed by atoms with Crippen molar-refractivity contribution >= 4 is 34.5 Å². The number of anilines is 2. The Labute approximate surface area is 151 Å². The molecule has 6 nitrogen and oxygen atoms in total. The van der Waals surface area contributed by atoms with Crippen LogP contribution in [0, 0.1) is 0 Å². The van der Waals surface area contributed by atoms with Crippen molar-refractivity contribution in [1.29, 1.82) is 0 Å². The van der Waals surface area contributed by atoms with E-state index in [9.17, 15) is 4.79 Å². The van der Waals surface area contributed by atoms with Crippen molar-refractivity contribution in [2.75, 3.05) is 24.3 Å². The number of aromatic nitrogens is 1. The van der Waals surface area contributed by atoms with Gasteiger partial charge in [0.15, 0.2) is 5.78 Å². The molecule has 0 saturated heterocycles. The molecule has 0 atom stereocenters. The average Bonchev–Trinajstić information content (AvgIpc) is 2.61. The van der Waals surface area contributed by atoms with Gasteiger partial charge in [-0.05, 0) is 29.8 Å². The van der Waals surface area contributed by atoms with E-state index in [0.29, 0.717) is 35.2 Å². The van der Waals surface area contributed by atoms with Gasteiger partial charge in [-0.15, -0.1) is 0 Å². The van der Waals surface area contributed by atoms with E-state index < -0.39 is 0 Å². The third kappa shape index (κ3) is 4.40. The van der Waals surface area contributed by atoms with Crippen LogP contribution in [-0.4, -0.2) is 29.0 Å². The predicted octanol–water partition coefficient (Wildman–Crippen LogP) is 2.05. The van der Waals surface area contributed by atoms with Crippen LogP contribution in [0.3, 0.4) is 0 Å². The number of nitrogens with zero attached hydrogens (tertiary/aromatic N) is 1. The van der Waals surface area contributed by atoms with Crippen molar-refractivity contribution < 1.29 is 9.53 Å². The minimum absolute atomic E-state index is 0.0271. The molecule has 0 fully saturated rings. The number of para-hydroxylation sites is 1. The van der Waals surface area contributed by atoms with Gasteiger partial charge in [0.05, 0.1) is 17.9 Å². The topological polar surface area (TPSA) is 89.3 Å². The van der Waals surface area contributed by atoms with Crippen LogP contribution in [0.15, 0.2) is 59.9 Å². The standard InChI is InChI=1S/C18H18N4O2S/c19-16-8-12(6-7-20-16)9-21-14-10-24-11-15(23)17(14)18(25)22-13-4-2-1-3-5-13/h1-8,21H,9-11H2,(H2,19,20)(H,22,25). The number of ketones is 1. The van der Waals surface area contributed by atoms with Crippen molar-refractivity contribution in [2.45, 2.75) is 6.54 Å². The normalized spacial score (nSPS) is 14.3. The van der Waals surface area contributed by atoms with Crippen LogP contribution in [0.1, 0.15) is 5.56 Å². The molecular formula is C18H18N4O2S. The predicted molar refractivity (Wildman–Crippen MR) is 101 cm³/mol. The first-order valence-electron chi connectivity index (χ1n) is 7.78. The summed E-state index contributed by atoms with van der Waals surface area (Å²) in [6, 6.07) is 13.1. The molecule has 2 heterocycles. The van der Waals surface area contributed by atoms with E-state index in [-0.39, 0.29) is 12.4 Å². The molecule has 2 aromatic rings. The maximum absolute atomic E-state index is 12.3. The Kier molecular flexibility index (Phi) is 5.37. The van der Waals surface area contributed by atoms with Crippen molar-refractivity contribution in [3.63, 3.8) is 0 Å². The van der Waals surface area contributed by atoms with E-state index in [1.807, 2.05) is 36.4 Å². The molecule has 25 heavy (non-hydrogen) atoms. The molecule has 0 radical (unpaired) electrons. The minimum Gasteiger partial charge on any atom is -0.384 e. The zero-order valence-electron chi connectivity index (χ0n) is 13.5. The van der Waals surface area contributed by atoms with Gasteiger partial charge in [-0.25, -0.2) is 4.98 Å². The molecule has 4 N–H and O–H groups in total. The molecule has 0 unspecified atom stereocenters. The number of benzene rings is 1. The Bertz CT molecular complexity index is 821. The summed E-state index contributed by atoms with van der Waals surface area (Å²) in [5.41, 5.74) is 8.61. The molecule has 1 aromatic carbocycles. The quantitative estimate of drug-likeness (QED) is 0.708. The lowest BCUT2D eigenvalue weighted by atomic mass is 10.1. The summed E-state index contributed by atoms with van der Waals surface area (Å²) < 4.78 is 5.34. The Hall–Kier alpha value is -2.77. The van der Waals surface area contributed by atoms with Gasteiger partial charge < -0.3 is 21.1 Å². The molecule has 0 spiro atoms. The van der Waals surface area contributed by atoms with Gasteiger partial charge in [0, 0.05) is 18.4 Å². The summed E-state index contributed by atoms with van der Waals surface area (Å²) in [5.74, 6) is 0.308. The Morgan fingerprint density at radius 2 is 2.04 bits per heavy atom. The molecule has 0 bridgehead atoms. The van der Waals surface area contributed by atoms with E-state index >= 15 is 0 Å². The van der Waals surface area contributed by atoms with Crippen LogP contribution in [0.4, 0.5) is 11.5 Å². The van der Waals surface area contributed by atoms with E-state index in [1.54, 1.807) is 12.3 Å². The second kappa shape index (κ2) is 7.87. The molecule has 0 aliphatic carbocycles. The highest BCUT2D eigenvalue weighted by atomic mass is 32.1. The molecule has 128 valence electrons. The Morgan fingerprint density at radius 3 is 2.80 bits per heavy atom. The SMILES string of the molecule is Nc1cc(CNC2=C(C(=S)Nc3ccccc3)C(=O)COC2)ccn1. The first-order valence-corrected chi connectivity index (χ1v) is 8.19. The highest BCUT2D eigenvalue weighted by Gasteiger charge is 2.24. The van der Waals surface area contributed by atoms with Crippen LogP contribution in [0.2, 0.25) is 0 Å². The van der Waals surface area contributed by atoms with Crippen LogP contribution < -0.4 is 16.4 Å². The lowest BCUT2D eigenvalue weighted by molar-refractivity contribution is -0.120. The zero-order chi connectivity index (χ0) is 17.6. The first-order chi connectivity index (χ1) is 12.1. The minimum atomic E-state index is -0.142. The van der Waals surface area contributed by atoms with E-state index in [4.69, 9.17) is 22.7 Å². The number of hydrogen-bond acceptors (Lipinski definition) is 6. The van der Waals surface area contributed by atoms with Crippen molar-refractivity contribution in [1.82, 2.24) is 10.3 Å². The van der Waals surface area contributed by atoms with Crippen molar-refractivity contribution in [3.05, 3.63) is 65.5 Å². The van der Waals surface area contributed by atoms with Gasteiger partial charge in [0.1, 0.15) is 17.4 Å². The summed E-state index contributed by atoms with van der Waals surface area (Å²) in [6.07, 6.45) is 1.64. The van der Waals surface area contributed by atoms with Gasteiger partial charge in [-0.2, -0.15) is 0 Å². The molecule has 1 aliphatic rings. The maximum Gasteiger partial charge on any atom is 0.193 e. The number of nitrogens with one attached hydrogen (secondary N) is 2. The third-order valence-corrected chi connectivity index (χ3v) is 3.98. The number of ether oxygens (including phenoxy) is 1. The number of rotatable bonds is 5. The summed E-state index contributed by atoms with van der Waals surface area (Å²) in [6.45, 7) is 0.827. The van der Waals surface area contributed by atoms with Gasteiger partial charge in [0.25, 0.3) is 0 Å². The average molecular weight is 354 g/mol. The fourth-order valence-corrected chi connectivity index (χ4v) is 2.84. The summed E-state index contributed by atoms with van der Waals surface area (Å²) in [7, 11) is 0. The summed E-state index contributed by atoms with van der Waals surface area (Å²) in [4.78, 5) is 16.7. The zero-order valence-corrected chi connectivity index (χ0v) is 14.3. The molecule has 3 rings (SSSR count). The monoisotopic (exact) mass is 354 g/mol. The highest BCUT2D eigenvalue weighted by Crippen LogP contribution is 2.16. The second-order valence-corrected chi connectivity index (χ2v) is 5.94. The molecule has 0 amide bonds. The van der Waals surface area contributed by atoms with Crippen LogP contribution >= 0.6 is 12.2 Å². The third-order valence-electron chi connectivity index (χ3n) is 3.67. The number of carbonyl (C=O) groups is 1. The van der Waals surface area contributed by atoms with E-state index in [1.165, 1.54) is 0 Å². The molecule has 1 aliphatic heterocycles. The van der Waals surface area contributed by atoms with Crippen LogP contribution in [-0.2, 0) is 16.1 Å². The maximum atomic E-state index is 12.3. The lowest BCUT2D eigenvalue weighted by Gasteiger charge is -2.22. The van der Waals surface area contributed by atoms with Gasteiger partial charge >= 0.3 is 0 Å². The fourth-order valence-electron chi connectivity index (χ4n) is 2.49. The summed E-state index contributed by atoms with van der Waals surface area (Å²) >= 11 is 5.45. The summed E-state index contributed by atoms with van der Waals surface area (Å²) in [5, 5.41) is 6.34. The van der Waals surface area contributed by atoms with E-state index in [0.717, 1.165) is 11.3 Å². The molecule has 7 heteroatoms. The number of nitrogens with two attached hydrogens (primary N) is 1. The van der Waals surface area contributed by atoms with E-state index in [2.05, 4.69) is 15.6 Å². The molecule has 0 saturated carbocycles. The fraction of sp³-hybridized carbons (Fsp3) is 0.167. The smallest absolute Gasteiger partial charge is 0.193 e. The number of Topliss-reactive ketones (excluding diaryl/α,β-unsaturated/α-hetero) is 1. The van der Waals surface area contributed by atoms with Crippen molar-refractivity contribution in [2.24, 2.45) is 0 Å². The number of thiocarbonyl (C=S) groups is 1. The van der Waals surface area contributed by atoms with Crippen LogP contribution in [0.5, 0.6) is 0 Å². The lowest BCUT2D eigenvalue weighted by Crippen LogP contribution is -2.34. The highest BCUT2D eigenvalue weighted by molar-refractivity contribution is 7.81. The van der Waals surface area contributed by atoms with Gasteiger partial charge in [-0.1, -0.05) is 30.4 Å². The molecular weight excluding hydrogens is 336 g/mol.